The summed E-state index contributed by atoms with van der Waals surface area (Å²) in [4.78, 5) is 11.9. The Morgan fingerprint density at radius 3 is 2.34 bits per heavy atom. The van der Waals surface area contributed by atoms with Gasteiger partial charge in [0.25, 0.3) is 0 Å². The highest BCUT2D eigenvalue weighted by Crippen LogP contribution is 2.61. The van der Waals surface area contributed by atoms with E-state index in [1.165, 1.54) is 49.5 Å². The molecule has 200 valence electrons. The summed E-state index contributed by atoms with van der Waals surface area (Å²) in [5, 5.41) is 0.952. The molecule has 4 heteroatoms. The van der Waals surface area contributed by atoms with E-state index in [0.29, 0.717) is 23.5 Å². The number of hydrogen-bond acceptors (Lipinski definition) is 3. The van der Waals surface area contributed by atoms with Crippen molar-refractivity contribution in [2.75, 3.05) is 7.11 Å². The van der Waals surface area contributed by atoms with E-state index >= 15 is 0 Å². The molecule has 4 aliphatic carbocycles. The van der Waals surface area contributed by atoms with Gasteiger partial charge in [-0.2, -0.15) is 0 Å². The number of esters is 1. The van der Waals surface area contributed by atoms with Crippen LogP contribution < -0.4 is 0 Å². The highest BCUT2D eigenvalue weighted by molar-refractivity contribution is 9.08. The highest BCUT2D eigenvalue weighted by Gasteiger charge is 2.56. The minimum atomic E-state index is -0.238. The normalized spacial score (nSPS) is 31.0. The Bertz CT molecular complexity index is 1180. The number of hydrogen-bond donors (Lipinski definition) is 0. The van der Waals surface area contributed by atoms with Crippen molar-refractivity contribution in [2.24, 2.45) is 29.1 Å². The van der Waals surface area contributed by atoms with Gasteiger partial charge in [-0.05, 0) is 78.0 Å². The van der Waals surface area contributed by atoms with Crippen LogP contribution in [0.2, 0.25) is 0 Å². The molecule has 0 bridgehead atoms. The second-order valence-corrected chi connectivity index (χ2v) is 11.9. The minimum absolute atomic E-state index is 0.238. The fraction of sp³-hybridized carbons (Fsp3) is 0.441. The predicted molar refractivity (Wildman–Crippen MR) is 157 cm³/mol. The number of rotatable bonds is 5. The Labute approximate surface area is 236 Å². The van der Waals surface area contributed by atoms with E-state index in [4.69, 9.17) is 9.47 Å². The van der Waals surface area contributed by atoms with Crippen molar-refractivity contribution in [3.05, 3.63) is 107 Å². The number of allylic oxidation sites excluding steroid dienone is 4. The van der Waals surface area contributed by atoms with E-state index in [9.17, 15) is 4.79 Å². The summed E-state index contributed by atoms with van der Waals surface area (Å²) in [7, 11) is 1.45. The first kappa shape index (κ1) is 27.1. The molecule has 4 aliphatic rings. The van der Waals surface area contributed by atoms with E-state index in [-0.39, 0.29) is 11.4 Å². The van der Waals surface area contributed by atoms with Crippen molar-refractivity contribution >= 4 is 21.9 Å². The Morgan fingerprint density at radius 2 is 1.68 bits per heavy atom. The van der Waals surface area contributed by atoms with Gasteiger partial charge in [-0.15, -0.1) is 0 Å². The summed E-state index contributed by atoms with van der Waals surface area (Å²) in [5.74, 6) is 2.35. The second kappa shape index (κ2) is 12.2. The second-order valence-electron chi connectivity index (χ2n) is 11.4. The van der Waals surface area contributed by atoms with Crippen LogP contribution in [0.25, 0.3) is 0 Å². The summed E-state index contributed by atoms with van der Waals surface area (Å²) in [6.07, 6.45) is 15.1. The first-order valence-corrected chi connectivity index (χ1v) is 15.1. The number of methoxy groups -OCH3 is 1. The van der Waals surface area contributed by atoms with Crippen molar-refractivity contribution in [3.63, 3.8) is 0 Å². The number of carbonyl (C=O) groups is 1. The number of ether oxygens (including phenoxy) is 2. The quantitative estimate of drug-likeness (QED) is 0.266. The van der Waals surface area contributed by atoms with E-state index < -0.39 is 0 Å². The maximum atomic E-state index is 11.9. The van der Waals surface area contributed by atoms with Crippen LogP contribution in [0.15, 0.2) is 96.1 Å². The van der Waals surface area contributed by atoms with E-state index in [2.05, 4.69) is 83.5 Å². The molecule has 6 rings (SSSR count). The van der Waals surface area contributed by atoms with Crippen LogP contribution >= 0.6 is 15.9 Å². The molecule has 0 radical (unpaired) electrons. The van der Waals surface area contributed by atoms with Crippen LogP contribution in [0, 0.1) is 29.1 Å². The van der Waals surface area contributed by atoms with Crippen LogP contribution in [-0.4, -0.2) is 19.2 Å². The molecule has 2 aromatic rings. The molecule has 0 aliphatic heterocycles. The molecule has 2 saturated carbocycles. The molecule has 6 atom stereocenters. The minimum Gasteiger partial charge on any atom is -0.465 e. The lowest BCUT2D eigenvalue weighted by Crippen LogP contribution is -2.46. The van der Waals surface area contributed by atoms with Crippen LogP contribution in [0.5, 0.6) is 0 Å². The smallest absolute Gasteiger partial charge is 0.337 e. The molecular formula is C34H39BrO3. The molecule has 3 nitrogen and oxygen atoms in total. The molecule has 2 fully saturated rings. The van der Waals surface area contributed by atoms with Gasteiger partial charge in [0.15, 0.2) is 0 Å². The third-order valence-corrected chi connectivity index (χ3v) is 10.0. The third kappa shape index (κ3) is 5.62. The average molecular weight is 576 g/mol. The molecule has 0 unspecified atom stereocenters. The molecule has 38 heavy (non-hydrogen) atoms. The van der Waals surface area contributed by atoms with Crippen LogP contribution in [0.4, 0.5) is 0 Å². The van der Waals surface area contributed by atoms with Gasteiger partial charge in [-0.1, -0.05) is 102 Å². The first-order valence-electron chi connectivity index (χ1n) is 14.0. The lowest BCUT2D eigenvalue weighted by Gasteiger charge is -2.52. The van der Waals surface area contributed by atoms with E-state index in [1.54, 1.807) is 0 Å². The Balaban J connectivity index is 0.000000316. The van der Waals surface area contributed by atoms with Crippen LogP contribution in [0.1, 0.15) is 50.2 Å². The summed E-state index contributed by atoms with van der Waals surface area (Å²) >= 11 is 3.36. The van der Waals surface area contributed by atoms with E-state index in [1.807, 2.05) is 24.3 Å². The lowest BCUT2D eigenvalue weighted by molar-refractivity contribution is -0.135. The van der Waals surface area contributed by atoms with Gasteiger partial charge in [0.1, 0.15) is 0 Å². The lowest BCUT2D eigenvalue weighted by atomic mass is 9.54. The van der Waals surface area contributed by atoms with E-state index in [0.717, 1.165) is 30.2 Å². The van der Waals surface area contributed by atoms with Crippen molar-refractivity contribution in [3.8, 4) is 0 Å². The van der Waals surface area contributed by atoms with Crippen molar-refractivity contribution < 1.29 is 14.3 Å². The predicted octanol–water partition coefficient (Wildman–Crippen LogP) is 8.21. The fourth-order valence-electron chi connectivity index (χ4n) is 7.41. The fourth-order valence-corrected chi connectivity index (χ4v) is 7.78. The molecule has 0 heterocycles. The van der Waals surface area contributed by atoms with Gasteiger partial charge >= 0.3 is 5.97 Å². The standard InChI is InChI=1S/C27H32O3.C7H7Br/c1-27-15-14-22-21-10-9-20(26(28)29-2)16-19(21)8-11-23(22)24(27)12-13-25(27)30-17-18-6-4-3-5-7-18;8-6-7-4-2-1-3-5-7/h3-10,16,21-25H,11-15,17H2,1-2H3;1-5H,6H2/t21-,22+,23+,24-,25-,27-;/m0./s1. The summed E-state index contributed by atoms with van der Waals surface area (Å²) in [6, 6.07) is 20.8. The Morgan fingerprint density at radius 1 is 0.974 bits per heavy atom. The number of halogens is 1. The topological polar surface area (TPSA) is 35.5 Å². The summed E-state index contributed by atoms with van der Waals surface area (Å²) in [5.41, 5.74) is 4.87. The molecular weight excluding hydrogens is 536 g/mol. The third-order valence-electron chi connectivity index (χ3n) is 9.39. The van der Waals surface area contributed by atoms with Crippen molar-refractivity contribution in [1.29, 1.82) is 0 Å². The average Bonchev–Trinajstić information content (AvgIpc) is 3.32. The molecule has 0 amide bonds. The number of fused-ring (bicyclic) bond motifs is 5. The number of benzene rings is 2. The number of alkyl halides is 1. The Hall–Kier alpha value is -2.43. The molecule has 0 saturated heterocycles. The number of carbonyl (C=O) groups excluding carboxylic acids is 1. The first-order chi connectivity index (χ1) is 18.5. The SMILES string of the molecule is BrCc1ccccc1.COC(=O)C1=CC2=CC[C@@H]3[C@H](CC[C@]4(C)[C@@H](OCc5ccccc5)CC[C@@H]34)[C@H]2C=C1. The van der Waals surface area contributed by atoms with Gasteiger partial charge in [0.2, 0.25) is 0 Å². The van der Waals surface area contributed by atoms with Gasteiger partial charge in [0.05, 0.1) is 25.4 Å². The summed E-state index contributed by atoms with van der Waals surface area (Å²) < 4.78 is 11.4. The Kier molecular flexibility index (Phi) is 8.70. The van der Waals surface area contributed by atoms with Gasteiger partial charge < -0.3 is 9.47 Å². The van der Waals surface area contributed by atoms with Crippen LogP contribution in [0.3, 0.4) is 0 Å². The zero-order valence-corrected chi connectivity index (χ0v) is 24.1. The zero-order chi connectivity index (χ0) is 26.5. The molecule has 0 spiro atoms. The highest BCUT2D eigenvalue weighted by atomic mass is 79.9. The molecule has 0 N–H and O–H groups in total. The van der Waals surface area contributed by atoms with Gasteiger partial charge in [-0.3, -0.25) is 0 Å². The monoisotopic (exact) mass is 574 g/mol. The van der Waals surface area contributed by atoms with Crippen molar-refractivity contribution in [1.82, 2.24) is 0 Å². The van der Waals surface area contributed by atoms with Gasteiger partial charge in [-0.25, -0.2) is 4.79 Å². The maximum Gasteiger partial charge on any atom is 0.337 e. The summed E-state index contributed by atoms with van der Waals surface area (Å²) in [6.45, 7) is 3.21. The molecule has 2 aromatic carbocycles. The van der Waals surface area contributed by atoms with Crippen LogP contribution in [-0.2, 0) is 26.2 Å². The molecule has 0 aromatic heterocycles. The van der Waals surface area contributed by atoms with Gasteiger partial charge in [0, 0.05) is 11.2 Å². The maximum absolute atomic E-state index is 11.9. The van der Waals surface area contributed by atoms with Crippen molar-refractivity contribution in [2.45, 2.75) is 57.1 Å². The zero-order valence-electron chi connectivity index (χ0n) is 22.5. The largest absolute Gasteiger partial charge is 0.465 e.